The molecule has 0 amide bonds. The van der Waals surface area contributed by atoms with Crippen LogP contribution in [0.3, 0.4) is 0 Å². The second-order valence-corrected chi connectivity index (χ2v) is 9.66. The van der Waals surface area contributed by atoms with Crippen LogP contribution in [0.1, 0.15) is 25.7 Å². The summed E-state index contributed by atoms with van der Waals surface area (Å²) in [5, 5.41) is 0. The van der Waals surface area contributed by atoms with E-state index in [2.05, 4.69) is 0 Å². The number of halogens is 1. The molecule has 0 saturated carbocycles. The predicted molar refractivity (Wildman–Crippen MR) is 83.2 cm³/mol. The zero-order chi connectivity index (χ0) is 15.9. The Balaban J connectivity index is 2.22. The summed E-state index contributed by atoms with van der Waals surface area (Å²) < 4.78 is 49.4. The van der Waals surface area contributed by atoms with Crippen LogP contribution in [0.15, 0.2) is 29.2 Å². The summed E-state index contributed by atoms with van der Waals surface area (Å²) >= 11 is 0. The average Bonchev–Trinajstić information content (AvgIpc) is 2.36. The Kier molecular flexibility index (Phi) is 6.96. The van der Waals surface area contributed by atoms with Crippen molar-refractivity contribution in [3.05, 3.63) is 24.3 Å². The highest BCUT2D eigenvalue weighted by atomic mass is 35.7. The summed E-state index contributed by atoms with van der Waals surface area (Å²) in [5.74, 6) is 0.619. The van der Waals surface area contributed by atoms with Gasteiger partial charge in [0.1, 0.15) is 5.75 Å². The molecule has 1 aromatic carbocycles. The third-order valence-corrected chi connectivity index (χ3v) is 5.17. The highest BCUT2D eigenvalue weighted by Crippen LogP contribution is 2.16. The Morgan fingerprint density at radius 3 is 2.05 bits per heavy atom. The smallest absolute Gasteiger partial charge is 0.232 e. The quantitative estimate of drug-likeness (QED) is 0.503. The number of rotatable bonds is 9. The first-order chi connectivity index (χ1) is 9.68. The number of sulfone groups is 1. The molecule has 0 fully saturated rings. The lowest BCUT2D eigenvalue weighted by Gasteiger charge is -2.06. The van der Waals surface area contributed by atoms with Crippen LogP contribution in [0.25, 0.3) is 0 Å². The maximum Gasteiger partial charge on any atom is 0.232 e. The zero-order valence-corrected chi connectivity index (χ0v) is 14.2. The van der Waals surface area contributed by atoms with Gasteiger partial charge in [0.25, 0.3) is 0 Å². The van der Waals surface area contributed by atoms with Gasteiger partial charge in [-0.15, -0.1) is 0 Å². The van der Waals surface area contributed by atoms with Gasteiger partial charge in [0.2, 0.25) is 9.05 Å². The summed E-state index contributed by atoms with van der Waals surface area (Å²) in [6, 6.07) is 6.26. The lowest BCUT2D eigenvalue weighted by Crippen LogP contribution is -2.00. The molecular weight excluding hydrogens is 336 g/mol. The van der Waals surface area contributed by atoms with Crippen LogP contribution in [0.2, 0.25) is 0 Å². The summed E-state index contributed by atoms with van der Waals surface area (Å²) in [6.45, 7) is 0.506. The van der Waals surface area contributed by atoms with Crippen molar-refractivity contribution in [3.8, 4) is 5.75 Å². The van der Waals surface area contributed by atoms with Crippen molar-refractivity contribution in [2.75, 3.05) is 18.6 Å². The molecule has 0 spiro atoms. The van der Waals surface area contributed by atoms with E-state index in [0.717, 1.165) is 25.5 Å². The van der Waals surface area contributed by atoms with Crippen molar-refractivity contribution in [3.63, 3.8) is 0 Å². The van der Waals surface area contributed by atoms with Gasteiger partial charge in [0, 0.05) is 16.9 Å². The molecule has 0 radical (unpaired) electrons. The molecule has 0 bridgehead atoms. The third-order valence-electron chi connectivity index (χ3n) is 2.80. The van der Waals surface area contributed by atoms with Crippen LogP contribution in [0.5, 0.6) is 5.75 Å². The van der Waals surface area contributed by atoms with Crippen LogP contribution >= 0.6 is 10.7 Å². The van der Waals surface area contributed by atoms with Gasteiger partial charge in [-0.05, 0) is 37.1 Å². The van der Waals surface area contributed by atoms with E-state index in [4.69, 9.17) is 15.4 Å². The van der Waals surface area contributed by atoms with Crippen molar-refractivity contribution in [2.45, 2.75) is 30.6 Å². The fourth-order valence-corrected chi connectivity index (χ4v) is 3.21. The standard InChI is InChI=1S/C13H19ClO5S2/c1-20(15,16)13-8-6-12(7-9-13)19-10-4-2-3-5-11-21(14,17)18/h6-9H,2-5,10-11H2,1H3. The van der Waals surface area contributed by atoms with Crippen molar-refractivity contribution >= 4 is 29.6 Å². The Hall–Kier alpha value is -0.790. The summed E-state index contributed by atoms with van der Waals surface area (Å²) in [6.07, 6.45) is 4.14. The molecule has 1 rings (SSSR count). The Labute approximate surface area is 130 Å². The normalized spacial score (nSPS) is 12.3. The van der Waals surface area contributed by atoms with E-state index < -0.39 is 18.9 Å². The Morgan fingerprint density at radius 2 is 1.52 bits per heavy atom. The fraction of sp³-hybridized carbons (Fsp3) is 0.538. The summed E-state index contributed by atoms with van der Waals surface area (Å²) in [7, 11) is -1.46. The number of ether oxygens (including phenoxy) is 1. The second-order valence-electron chi connectivity index (χ2n) is 4.75. The molecule has 1 aromatic rings. The van der Waals surface area contributed by atoms with E-state index in [1.807, 2.05) is 0 Å². The minimum absolute atomic E-state index is 0.00235. The molecule has 0 N–H and O–H groups in total. The minimum Gasteiger partial charge on any atom is -0.494 e. The maximum atomic E-state index is 11.3. The van der Waals surface area contributed by atoms with Gasteiger partial charge in [-0.25, -0.2) is 16.8 Å². The summed E-state index contributed by atoms with van der Waals surface area (Å²) in [4.78, 5) is 0.261. The molecule has 0 aliphatic carbocycles. The van der Waals surface area contributed by atoms with Gasteiger partial charge < -0.3 is 4.74 Å². The van der Waals surface area contributed by atoms with Gasteiger partial charge in [-0.3, -0.25) is 0 Å². The number of benzene rings is 1. The SMILES string of the molecule is CS(=O)(=O)c1ccc(OCCCCCCS(=O)(=O)Cl)cc1. The van der Waals surface area contributed by atoms with Crippen LogP contribution in [0.4, 0.5) is 0 Å². The summed E-state index contributed by atoms with van der Waals surface area (Å²) in [5.41, 5.74) is 0. The molecule has 0 unspecified atom stereocenters. The molecule has 0 heterocycles. The van der Waals surface area contributed by atoms with Crippen molar-refractivity contribution in [1.29, 1.82) is 0 Å². The van der Waals surface area contributed by atoms with E-state index in [9.17, 15) is 16.8 Å². The van der Waals surface area contributed by atoms with Gasteiger partial charge in [-0.2, -0.15) is 0 Å². The lowest BCUT2D eigenvalue weighted by atomic mass is 10.2. The van der Waals surface area contributed by atoms with E-state index in [0.29, 0.717) is 18.8 Å². The maximum absolute atomic E-state index is 11.3. The molecule has 0 aliphatic rings. The van der Waals surface area contributed by atoms with E-state index in [-0.39, 0.29) is 10.6 Å². The average molecular weight is 355 g/mol. The molecule has 8 heteroatoms. The van der Waals surface area contributed by atoms with Crippen LogP contribution < -0.4 is 4.74 Å². The van der Waals surface area contributed by atoms with Gasteiger partial charge in [0.05, 0.1) is 17.3 Å². The van der Waals surface area contributed by atoms with E-state index in [1.54, 1.807) is 12.1 Å². The molecule has 120 valence electrons. The van der Waals surface area contributed by atoms with Gasteiger partial charge >= 0.3 is 0 Å². The van der Waals surface area contributed by atoms with Crippen molar-refractivity contribution in [2.24, 2.45) is 0 Å². The van der Waals surface area contributed by atoms with Crippen LogP contribution in [-0.2, 0) is 18.9 Å². The van der Waals surface area contributed by atoms with E-state index >= 15 is 0 Å². The zero-order valence-electron chi connectivity index (χ0n) is 11.8. The van der Waals surface area contributed by atoms with Gasteiger partial charge in [-0.1, -0.05) is 12.8 Å². The first-order valence-electron chi connectivity index (χ1n) is 6.54. The highest BCUT2D eigenvalue weighted by molar-refractivity contribution is 8.13. The molecule has 0 aliphatic heterocycles. The van der Waals surface area contributed by atoms with E-state index in [1.165, 1.54) is 12.1 Å². The van der Waals surface area contributed by atoms with Crippen LogP contribution in [0, 0.1) is 0 Å². The van der Waals surface area contributed by atoms with Crippen molar-refractivity contribution in [1.82, 2.24) is 0 Å². The minimum atomic E-state index is -3.38. The molecule has 5 nitrogen and oxygen atoms in total. The van der Waals surface area contributed by atoms with Crippen LogP contribution in [-0.4, -0.2) is 35.5 Å². The Morgan fingerprint density at radius 1 is 0.952 bits per heavy atom. The largest absolute Gasteiger partial charge is 0.494 e. The number of unbranched alkanes of at least 4 members (excludes halogenated alkanes) is 3. The first-order valence-corrected chi connectivity index (χ1v) is 10.9. The fourth-order valence-electron chi connectivity index (χ4n) is 1.70. The molecule has 0 aromatic heterocycles. The molecule has 0 atom stereocenters. The molecule has 0 saturated heterocycles. The Bertz CT molecular complexity index is 636. The number of hydrogen-bond acceptors (Lipinski definition) is 5. The molecule has 21 heavy (non-hydrogen) atoms. The lowest BCUT2D eigenvalue weighted by molar-refractivity contribution is 0.305. The monoisotopic (exact) mass is 354 g/mol. The predicted octanol–water partition coefficient (Wildman–Crippen LogP) is 2.60. The van der Waals surface area contributed by atoms with Gasteiger partial charge in [0.15, 0.2) is 9.84 Å². The first kappa shape index (κ1) is 18.3. The highest BCUT2D eigenvalue weighted by Gasteiger charge is 2.06. The third kappa shape index (κ3) is 8.28. The van der Waals surface area contributed by atoms with Crippen molar-refractivity contribution < 1.29 is 21.6 Å². The molecular formula is C13H19ClO5S2. The second kappa shape index (κ2) is 8.00. The topological polar surface area (TPSA) is 77.5 Å². The number of hydrogen-bond donors (Lipinski definition) is 0.